The number of nitrogens with two attached hydrogens (primary N) is 1. The molecule has 3 rings (SSSR count). The van der Waals surface area contributed by atoms with Crippen LogP contribution >= 0.6 is 11.6 Å². The molecule has 1 aliphatic rings. The Morgan fingerprint density at radius 1 is 1.10 bits per heavy atom. The molecule has 2 aromatic rings. The molecule has 1 heterocycles. The summed E-state index contributed by atoms with van der Waals surface area (Å²) in [7, 11) is 0. The van der Waals surface area contributed by atoms with Gasteiger partial charge in [0.15, 0.2) is 11.6 Å². The zero-order valence-electron chi connectivity index (χ0n) is 10.4. The van der Waals surface area contributed by atoms with E-state index in [1.165, 1.54) is 6.07 Å². The molecule has 0 saturated heterocycles. The van der Waals surface area contributed by atoms with Crippen molar-refractivity contribution in [1.29, 1.82) is 0 Å². The molecule has 0 radical (unpaired) electrons. The molecule has 2 aromatic carbocycles. The normalized spacial score (nSPS) is 21.2. The topological polar surface area (TPSA) is 35.2 Å². The number of benzene rings is 2. The molecule has 20 heavy (non-hydrogen) atoms. The fourth-order valence-electron chi connectivity index (χ4n) is 2.39. The first-order chi connectivity index (χ1) is 9.54. The van der Waals surface area contributed by atoms with Crippen LogP contribution in [0.3, 0.4) is 0 Å². The Balaban J connectivity index is 1.94. The monoisotopic (exact) mass is 295 g/mol. The van der Waals surface area contributed by atoms with E-state index in [0.29, 0.717) is 22.8 Å². The van der Waals surface area contributed by atoms with Gasteiger partial charge in [0.25, 0.3) is 0 Å². The van der Waals surface area contributed by atoms with Gasteiger partial charge in [-0.3, -0.25) is 0 Å². The summed E-state index contributed by atoms with van der Waals surface area (Å²) in [6.45, 7) is 0. The Morgan fingerprint density at radius 2 is 1.90 bits per heavy atom. The SMILES string of the molecule is N[C@H]1CC(c2ccc(F)c(F)c2)Oc2ccc(Cl)cc21. The van der Waals surface area contributed by atoms with Gasteiger partial charge in [0, 0.05) is 23.0 Å². The van der Waals surface area contributed by atoms with Crippen molar-refractivity contribution in [2.24, 2.45) is 5.73 Å². The van der Waals surface area contributed by atoms with Crippen LogP contribution in [-0.4, -0.2) is 0 Å². The van der Waals surface area contributed by atoms with Crippen LogP contribution in [0.1, 0.15) is 29.7 Å². The third-order valence-corrected chi connectivity index (χ3v) is 3.66. The summed E-state index contributed by atoms with van der Waals surface area (Å²) in [5.41, 5.74) is 7.50. The van der Waals surface area contributed by atoms with Crippen LogP contribution in [0, 0.1) is 11.6 Å². The van der Waals surface area contributed by atoms with Gasteiger partial charge < -0.3 is 10.5 Å². The molecule has 104 valence electrons. The van der Waals surface area contributed by atoms with Crippen molar-refractivity contribution in [1.82, 2.24) is 0 Å². The van der Waals surface area contributed by atoms with Crippen LogP contribution in [0.2, 0.25) is 5.02 Å². The maximum Gasteiger partial charge on any atom is 0.159 e. The van der Waals surface area contributed by atoms with E-state index in [4.69, 9.17) is 22.1 Å². The van der Waals surface area contributed by atoms with E-state index < -0.39 is 17.7 Å². The molecular formula is C15H12ClF2NO. The van der Waals surface area contributed by atoms with Crippen LogP contribution in [0.4, 0.5) is 8.78 Å². The number of hydrogen-bond donors (Lipinski definition) is 1. The largest absolute Gasteiger partial charge is 0.485 e. The third kappa shape index (κ3) is 2.37. The van der Waals surface area contributed by atoms with Crippen molar-refractivity contribution in [2.75, 3.05) is 0 Å². The van der Waals surface area contributed by atoms with E-state index in [-0.39, 0.29) is 6.04 Å². The second kappa shape index (κ2) is 5.04. The average molecular weight is 296 g/mol. The minimum Gasteiger partial charge on any atom is -0.485 e. The van der Waals surface area contributed by atoms with Crippen LogP contribution in [-0.2, 0) is 0 Å². The lowest BCUT2D eigenvalue weighted by molar-refractivity contribution is 0.161. The highest BCUT2D eigenvalue weighted by Crippen LogP contribution is 2.40. The van der Waals surface area contributed by atoms with Crippen molar-refractivity contribution in [3.8, 4) is 5.75 Å². The van der Waals surface area contributed by atoms with Gasteiger partial charge in [-0.05, 0) is 35.9 Å². The van der Waals surface area contributed by atoms with E-state index in [0.717, 1.165) is 17.7 Å². The molecule has 0 amide bonds. The predicted molar refractivity (Wildman–Crippen MR) is 72.7 cm³/mol. The number of ether oxygens (including phenoxy) is 1. The van der Waals surface area contributed by atoms with Gasteiger partial charge in [-0.15, -0.1) is 0 Å². The van der Waals surface area contributed by atoms with Gasteiger partial charge in [0.05, 0.1) is 0 Å². The molecule has 2 nitrogen and oxygen atoms in total. The maximum atomic E-state index is 13.3. The lowest BCUT2D eigenvalue weighted by Gasteiger charge is -2.30. The quantitative estimate of drug-likeness (QED) is 0.858. The molecule has 0 bridgehead atoms. The van der Waals surface area contributed by atoms with Gasteiger partial charge in [0.1, 0.15) is 11.9 Å². The molecule has 0 aliphatic carbocycles. The molecule has 0 spiro atoms. The maximum absolute atomic E-state index is 13.3. The number of halogens is 3. The summed E-state index contributed by atoms with van der Waals surface area (Å²) in [6.07, 6.45) is 0.0899. The Bertz CT molecular complexity index is 662. The van der Waals surface area contributed by atoms with E-state index in [9.17, 15) is 8.78 Å². The van der Waals surface area contributed by atoms with Crippen LogP contribution in [0.15, 0.2) is 36.4 Å². The second-order valence-corrected chi connectivity index (χ2v) is 5.24. The lowest BCUT2D eigenvalue weighted by Crippen LogP contribution is -2.24. The van der Waals surface area contributed by atoms with Gasteiger partial charge in [-0.1, -0.05) is 17.7 Å². The molecule has 0 saturated carbocycles. The van der Waals surface area contributed by atoms with E-state index in [1.807, 2.05) is 0 Å². The standard InChI is InChI=1S/C15H12ClF2NO/c16-9-2-4-14-10(6-9)13(19)7-15(20-14)8-1-3-11(17)12(18)5-8/h1-6,13,15H,7,19H2/t13-,15?/m0/s1. The van der Waals surface area contributed by atoms with E-state index in [2.05, 4.69) is 0 Å². The summed E-state index contributed by atoms with van der Waals surface area (Å²) in [4.78, 5) is 0. The predicted octanol–water partition coefficient (Wildman–Crippen LogP) is 4.14. The summed E-state index contributed by atoms with van der Waals surface area (Å²) < 4.78 is 32.1. The third-order valence-electron chi connectivity index (χ3n) is 3.42. The Kier molecular flexibility index (Phi) is 3.36. The van der Waals surface area contributed by atoms with Crippen molar-refractivity contribution in [3.05, 3.63) is 64.2 Å². The molecule has 5 heteroatoms. The highest BCUT2D eigenvalue weighted by molar-refractivity contribution is 6.30. The highest BCUT2D eigenvalue weighted by Gasteiger charge is 2.27. The van der Waals surface area contributed by atoms with Gasteiger partial charge in [-0.2, -0.15) is 0 Å². The first-order valence-corrected chi connectivity index (χ1v) is 6.59. The minimum atomic E-state index is -0.887. The van der Waals surface area contributed by atoms with Crippen LogP contribution in [0.25, 0.3) is 0 Å². The zero-order chi connectivity index (χ0) is 14.3. The average Bonchev–Trinajstić information content (AvgIpc) is 2.42. The molecule has 1 aliphatic heterocycles. The lowest BCUT2D eigenvalue weighted by atomic mass is 9.93. The highest BCUT2D eigenvalue weighted by atomic mass is 35.5. The fraction of sp³-hybridized carbons (Fsp3) is 0.200. The number of rotatable bonds is 1. The van der Waals surface area contributed by atoms with Crippen molar-refractivity contribution < 1.29 is 13.5 Å². The molecular weight excluding hydrogens is 284 g/mol. The Morgan fingerprint density at radius 3 is 2.65 bits per heavy atom. The van der Waals surface area contributed by atoms with E-state index >= 15 is 0 Å². The summed E-state index contributed by atoms with van der Waals surface area (Å²) in [5, 5.41) is 0.592. The number of fused-ring (bicyclic) bond motifs is 1. The van der Waals surface area contributed by atoms with E-state index in [1.54, 1.807) is 18.2 Å². The van der Waals surface area contributed by atoms with Crippen molar-refractivity contribution >= 4 is 11.6 Å². The summed E-state index contributed by atoms with van der Waals surface area (Å²) >= 11 is 5.93. The van der Waals surface area contributed by atoms with Crippen LogP contribution in [0.5, 0.6) is 5.75 Å². The fourth-order valence-corrected chi connectivity index (χ4v) is 2.57. The second-order valence-electron chi connectivity index (χ2n) is 4.80. The van der Waals surface area contributed by atoms with Gasteiger partial charge in [0.2, 0.25) is 0 Å². The first kappa shape index (κ1) is 13.3. The van der Waals surface area contributed by atoms with Gasteiger partial charge >= 0.3 is 0 Å². The summed E-state index contributed by atoms with van der Waals surface area (Å²) in [5.74, 6) is -1.13. The molecule has 0 aromatic heterocycles. The smallest absolute Gasteiger partial charge is 0.159 e. The molecule has 2 atom stereocenters. The molecule has 2 N–H and O–H groups in total. The first-order valence-electron chi connectivity index (χ1n) is 6.21. The van der Waals surface area contributed by atoms with Crippen molar-refractivity contribution in [2.45, 2.75) is 18.6 Å². The molecule has 0 fully saturated rings. The number of hydrogen-bond acceptors (Lipinski definition) is 2. The Hall–Kier alpha value is -1.65. The molecule has 1 unspecified atom stereocenters. The summed E-state index contributed by atoms with van der Waals surface area (Å²) in [6, 6.07) is 8.71. The van der Waals surface area contributed by atoms with Crippen molar-refractivity contribution in [3.63, 3.8) is 0 Å². The zero-order valence-corrected chi connectivity index (χ0v) is 11.2. The Labute approximate surface area is 120 Å². The minimum absolute atomic E-state index is 0.254. The van der Waals surface area contributed by atoms with Gasteiger partial charge in [-0.25, -0.2) is 8.78 Å². The van der Waals surface area contributed by atoms with Crippen LogP contribution < -0.4 is 10.5 Å².